The van der Waals surface area contributed by atoms with E-state index in [2.05, 4.69) is 15.3 Å². The van der Waals surface area contributed by atoms with Crippen molar-refractivity contribution in [2.45, 2.75) is 46.8 Å². The SMILES string of the molecule is Cc1nc(C)c(C(=O)OC(C)C)c(C(=O)N2CCN(C(=O)Nc3cccc(Cl)c3)C(C)C2)n1. The Bertz CT molecular complexity index is 1070. The summed E-state index contributed by atoms with van der Waals surface area (Å²) in [6.45, 7) is 9.58. The van der Waals surface area contributed by atoms with Gasteiger partial charge >= 0.3 is 12.0 Å². The predicted octanol–water partition coefficient (Wildman–Crippen LogP) is 3.69. The fourth-order valence-corrected chi connectivity index (χ4v) is 3.93. The molecule has 1 unspecified atom stereocenters. The summed E-state index contributed by atoms with van der Waals surface area (Å²) in [5.74, 6) is -0.621. The van der Waals surface area contributed by atoms with Crippen molar-refractivity contribution in [3.05, 3.63) is 52.1 Å². The van der Waals surface area contributed by atoms with E-state index >= 15 is 0 Å². The molecule has 1 aliphatic heterocycles. The number of nitrogens with one attached hydrogen (secondary N) is 1. The van der Waals surface area contributed by atoms with Gasteiger partial charge in [-0.1, -0.05) is 17.7 Å². The zero-order valence-corrected chi connectivity index (χ0v) is 20.1. The summed E-state index contributed by atoms with van der Waals surface area (Å²) in [5, 5.41) is 3.36. The van der Waals surface area contributed by atoms with Crippen molar-refractivity contribution >= 4 is 35.2 Å². The van der Waals surface area contributed by atoms with Gasteiger partial charge in [0.15, 0.2) is 0 Å². The number of ether oxygens (including phenoxy) is 1. The molecule has 2 aromatic rings. The van der Waals surface area contributed by atoms with Crippen LogP contribution >= 0.6 is 11.6 Å². The Morgan fingerprint density at radius 2 is 1.91 bits per heavy atom. The van der Waals surface area contributed by atoms with Crippen LogP contribution in [0.25, 0.3) is 0 Å². The first-order valence-corrected chi connectivity index (χ1v) is 11.1. The summed E-state index contributed by atoms with van der Waals surface area (Å²) in [5.41, 5.74) is 1.09. The number of aryl methyl sites for hydroxylation is 2. The van der Waals surface area contributed by atoms with Crippen LogP contribution in [0, 0.1) is 13.8 Å². The molecule has 0 aliphatic carbocycles. The van der Waals surface area contributed by atoms with Gasteiger partial charge in [0.1, 0.15) is 17.1 Å². The van der Waals surface area contributed by atoms with Crippen LogP contribution in [-0.4, -0.2) is 69.5 Å². The maximum atomic E-state index is 13.4. The number of urea groups is 1. The van der Waals surface area contributed by atoms with Crippen molar-refractivity contribution in [2.24, 2.45) is 0 Å². The van der Waals surface area contributed by atoms with Gasteiger partial charge in [-0.05, 0) is 52.8 Å². The number of carbonyl (C=O) groups is 3. The van der Waals surface area contributed by atoms with Crippen LogP contribution in [0.5, 0.6) is 0 Å². The lowest BCUT2D eigenvalue weighted by Gasteiger charge is -2.39. The van der Waals surface area contributed by atoms with Crippen molar-refractivity contribution in [3.63, 3.8) is 0 Å². The molecule has 1 saturated heterocycles. The number of hydrogen-bond acceptors (Lipinski definition) is 6. The van der Waals surface area contributed by atoms with E-state index < -0.39 is 5.97 Å². The molecule has 1 atom stereocenters. The van der Waals surface area contributed by atoms with Gasteiger partial charge in [0, 0.05) is 36.4 Å². The monoisotopic (exact) mass is 473 g/mol. The minimum Gasteiger partial charge on any atom is -0.459 e. The Balaban J connectivity index is 1.75. The number of hydrogen-bond donors (Lipinski definition) is 1. The Labute approximate surface area is 198 Å². The summed E-state index contributed by atoms with van der Waals surface area (Å²) >= 11 is 5.99. The summed E-state index contributed by atoms with van der Waals surface area (Å²) in [4.78, 5) is 50.5. The van der Waals surface area contributed by atoms with E-state index in [9.17, 15) is 14.4 Å². The number of halogens is 1. The lowest BCUT2D eigenvalue weighted by molar-refractivity contribution is 0.0367. The molecule has 3 amide bonds. The van der Waals surface area contributed by atoms with Crippen LogP contribution in [0.3, 0.4) is 0 Å². The number of nitrogens with zero attached hydrogens (tertiary/aromatic N) is 4. The first-order valence-electron chi connectivity index (χ1n) is 10.8. The summed E-state index contributed by atoms with van der Waals surface area (Å²) in [6, 6.07) is 6.38. The van der Waals surface area contributed by atoms with Gasteiger partial charge in [-0.15, -0.1) is 0 Å². The number of anilines is 1. The second kappa shape index (κ2) is 10.2. The highest BCUT2D eigenvalue weighted by Gasteiger charge is 2.33. The van der Waals surface area contributed by atoms with E-state index in [1.54, 1.807) is 61.8 Å². The Hall–Kier alpha value is -3.20. The molecule has 33 heavy (non-hydrogen) atoms. The standard InChI is InChI=1S/C23H28ClN5O4/c1-13(2)33-22(31)19-15(4)25-16(5)26-20(19)21(30)28-9-10-29(14(3)12-28)23(32)27-18-8-6-7-17(24)11-18/h6-8,11,13-14H,9-10,12H2,1-5H3,(H,27,32). The highest BCUT2D eigenvalue weighted by Crippen LogP contribution is 2.20. The second-order valence-corrected chi connectivity index (χ2v) is 8.70. The fourth-order valence-electron chi connectivity index (χ4n) is 3.74. The smallest absolute Gasteiger partial charge is 0.342 e. The molecule has 0 bridgehead atoms. The number of piperazine rings is 1. The molecule has 1 N–H and O–H groups in total. The fraction of sp³-hybridized carbons (Fsp3) is 0.435. The molecule has 1 aromatic heterocycles. The van der Waals surface area contributed by atoms with Crippen molar-refractivity contribution in [2.75, 3.05) is 25.0 Å². The average molecular weight is 474 g/mol. The highest BCUT2D eigenvalue weighted by molar-refractivity contribution is 6.30. The molecule has 3 rings (SSSR count). The van der Waals surface area contributed by atoms with E-state index in [-0.39, 0.29) is 35.3 Å². The normalized spacial score (nSPS) is 16.0. The number of carbonyl (C=O) groups excluding carboxylic acids is 3. The van der Waals surface area contributed by atoms with Crippen LogP contribution in [-0.2, 0) is 4.74 Å². The molecule has 9 nitrogen and oxygen atoms in total. The first kappa shape index (κ1) is 24.4. The van der Waals surface area contributed by atoms with Crippen LogP contribution in [0.15, 0.2) is 24.3 Å². The number of rotatable bonds is 4. The Kier molecular flexibility index (Phi) is 7.53. The van der Waals surface area contributed by atoms with E-state index in [0.717, 1.165) is 0 Å². The minimum atomic E-state index is -0.626. The summed E-state index contributed by atoms with van der Waals surface area (Å²) in [7, 11) is 0. The van der Waals surface area contributed by atoms with Gasteiger partial charge in [0.2, 0.25) is 0 Å². The molecule has 10 heteroatoms. The van der Waals surface area contributed by atoms with Gasteiger partial charge in [-0.3, -0.25) is 4.79 Å². The quantitative estimate of drug-likeness (QED) is 0.679. The molecule has 2 heterocycles. The van der Waals surface area contributed by atoms with E-state index in [1.165, 1.54) is 0 Å². The Morgan fingerprint density at radius 1 is 1.18 bits per heavy atom. The first-order chi connectivity index (χ1) is 15.6. The molecule has 1 aromatic carbocycles. The van der Waals surface area contributed by atoms with Gasteiger partial charge < -0.3 is 19.9 Å². The molecule has 0 spiro atoms. The van der Waals surface area contributed by atoms with Crippen LogP contribution < -0.4 is 5.32 Å². The third-order valence-electron chi connectivity index (χ3n) is 5.20. The Morgan fingerprint density at radius 3 is 2.55 bits per heavy atom. The average Bonchev–Trinajstić information content (AvgIpc) is 2.71. The number of esters is 1. The van der Waals surface area contributed by atoms with Gasteiger partial charge in [0.05, 0.1) is 11.8 Å². The number of benzene rings is 1. The second-order valence-electron chi connectivity index (χ2n) is 8.27. The molecule has 0 saturated carbocycles. The van der Waals surface area contributed by atoms with E-state index in [1.807, 2.05) is 6.92 Å². The topological polar surface area (TPSA) is 105 Å². The summed E-state index contributed by atoms with van der Waals surface area (Å²) < 4.78 is 5.31. The lowest BCUT2D eigenvalue weighted by atomic mass is 10.1. The van der Waals surface area contributed by atoms with Crippen molar-refractivity contribution in [1.82, 2.24) is 19.8 Å². The van der Waals surface area contributed by atoms with E-state index in [0.29, 0.717) is 41.9 Å². The van der Waals surface area contributed by atoms with Gasteiger partial charge in [0.25, 0.3) is 5.91 Å². The maximum absolute atomic E-state index is 13.4. The largest absolute Gasteiger partial charge is 0.459 e. The minimum absolute atomic E-state index is 0.0229. The zero-order valence-electron chi connectivity index (χ0n) is 19.4. The van der Waals surface area contributed by atoms with Crippen LogP contribution in [0.4, 0.5) is 10.5 Å². The zero-order chi connectivity index (χ0) is 24.3. The highest BCUT2D eigenvalue weighted by atomic mass is 35.5. The number of amides is 3. The summed E-state index contributed by atoms with van der Waals surface area (Å²) in [6.07, 6.45) is -0.345. The van der Waals surface area contributed by atoms with Crippen molar-refractivity contribution < 1.29 is 19.1 Å². The maximum Gasteiger partial charge on any atom is 0.342 e. The van der Waals surface area contributed by atoms with E-state index in [4.69, 9.17) is 16.3 Å². The number of aromatic nitrogens is 2. The lowest BCUT2D eigenvalue weighted by Crippen LogP contribution is -2.56. The molecular formula is C23H28ClN5O4. The molecule has 1 fully saturated rings. The van der Waals surface area contributed by atoms with Crippen LogP contribution in [0.2, 0.25) is 5.02 Å². The van der Waals surface area contributed by atoms with Crippen molar-refractivity contribution in [1.29, 1.82) is 0 Å². The van der Waals surface area contributed by atoms with Gasteiger partial charge in [-0.2, -0.15) is 0 Å². The van der Waals surface area contributed by atoms with Crippen molar-refractivity contribution in [3.8, 4) is 0 Å². The third-order valence-corrected chi connectivity index (χ3v) is 5.44. The molecule has 0 radical (unpaired) electrons. The van der Waals surface area contributed by atoms with Gasteiger partial charge in [-0.25, -0.2) is 19.6 Å². The molecular weight excluding hydrogens is 446 g/mol. The van der Waals surface area contributed by atoms with Crippen LogP contribution in [0.1, 0.15) is 53.1 Å². The predicted molar refractivity (Wildman–Crippen MR) is 125 cm³/mol. The molecule has 176 valence electrons. The third kappa shape index (κ3) is 5.78. The molecule has 1 aliphatic rings.